The lowest BCUT2D eigenvalue weighted by Gasteiger charge is -2.15. The highest BCUT2D eigenvalue weighted by Gasteiger charge is 2.21. The van der Waals surface area contributed by atoms with Crippen LogP contribution in [0.3, 0.4) is 0 Å². The molecule has 0 unspecified atom stereocenters. The maximum Gasteiger partial charge on any atom is 0.332 e. The predicted octanol–water partition coefficient (Wildman–Crippen LogP) is 2.09. The Morgan fingerprint density at radius 1 is 1.08 bits per heavy atom. The lowest BCUT2D eigenvalue weighted by Crippen LogP contribution is -2.38. The molecular formula is C24H25BrN6O5. The normalized spacial score (nSPS) is 12.2. The van der Waals surface area contributed by atoms with E-state index in [1.807, 2.05) is 24.3 Å². The van der Waals surface area contributed by atoms with Gasteiger partial charge in [-0.1, -0.05) is 28.1 Å². The minimum atomic E-state index is -0.998. The van der Waals surface area contributed by atoms with Crippen molar-refractivity contribution in [1.29, 1.82) is 0 Å². The topological polar surface area (TPSA) is 125 Å². The summed E-state index contributed by atoms with van der Waals surface area (Å²) < 4.78 is 15.5. The Hall–Kier alpha value is -3.90. The highest BCUT2D eigenvalue weighted by atomic mass is 79.9. The van der Waals surface area contributed by atoms with Crippen LogP contribution >= 0.6 is 15.9 Å². The molecule has 0 aliphatic heterocycles. The van der Waals surface area contributed by atoms with Gasteiger partial charge in [-0.05, 0) is 42.0 Å². The van der Waals surface area contributed by atoms with Gasteiger partial charge >= 0.3 is 5.69 Å². The van der Waals surface area contributed by atoms with E-state index < -0.39 is 17.4 Å². The van der Waals surface area contributed by atoms with Gasteiger partial charge in [-0.25, -0.2) is 10.2 Å². The molecule has 0 radical (unpaired) electrons. The van der Waals surface area contributed by atoms with E-state index >= 15 is 0 Å². The monoisotopic (exact) mass is 556 g/mol. The van der Waals surface area contributed by atoms with Crippen LogP contribution in [0.1, 0.15) is 5.56 Å². The smallest absolute Gasteiger partial charge is 0.332 e. The van der Waals surface area contributed by atoms with Crippen LogP contribution < -0.4 is 26.1 Å². The second kappa shape index (κ2) is 10.8. The number of halogens is 1. The van der Waals surface area contributed by atoms with Crippen LogP contribution in [0.4, 0.5) is 5.95 Å². The first-order valence-electron chi connectivity index (χ1n) is 10.9. The molecule has 2 N–H and O–H groups in total. The van der Waals surface area contributed by atoms with Gasteiger partial charge in [0, 0.05) is 18.6 Å². The highest BCUT2D eigenvalue weighted by Crippen LogP contribution is 2.19. The second-order valence-electron chi connectivity index (χ2n) is 7.99. The van der Waals surface area contributed by atoms with Crippen LogP contribution in [0.5, 0.6) is 11.5 Å². The lowest BCUT2D eigenvalue weighted by atomic mass is 10.2. The van der Waals surface area contributed by atoms with E-state index in [0.717, 1.165) is 14.6 Å². The number of nitrogens with one attached hydrogen (secondary N) is 1. The number of hydrazone groups is 1. The van der Waals surface area contributed by atoms with Crippen LogP contribution in [-0.2, 0) is 20.6 Å². The number of aliphatic hydroxyl groups excluding tert-OH is 1. The van der Waals surface area contributed by atoms with Crippen molar-refractivity contribution < 1.29 is 14.6 Å². The van der Waals surface area contributed by atoms with Gasteiger partial charge < -0.3 is 19.1 Å². The number of ether oxygens (including phenoxy) is 2. The number of fused-ring (bicyclic) bond motifs is 1. The van der Waals surface area contributed by atoms with Gasteiger partial charge in [0.15, 0.2) is 11.2 Å². The van der Waals surface area contributed by atoms with Gasteiger partial charge in [0.2, 0.25) is 5.95 Å². The van der Waals surface area contributed by atoms with E-state index in [0.29, 0.717) is 11.5 Å². The van der Waals surface area contributed by atoms with Gasteiger partial charge in [-0.3, -0.25) is 13.9 Å². The Morgan fingerprint density at radius 3 is 2.42 bits per heavy atom. The zero-order chi connectivity index (χ0) is 25.8. The number of imidazole rings is 1. The molecule has 2 aromatic carbocycles. The van der Waals surface area contributed by atoms with Gasteiger partial charge in [-0.2, -0.15) is 10.1 Å². The molecule has 1 atom stereocenters. The number of nitrogens with zero attached hydrogens (tertiary/aromatic N) is 5. The number of anilines is 1. The molecular weight excluding hydrogens is 532 g/mol. The fourth-order valence-electron chi connectivity index (χ4n) is 3.55. The quantitative estimate of drug-likeness (QED) is 0.239. The first kappa shape index (κ1) is 25.2. The van der Waals surface area contributed by atoms with E-state index in [2.05, 4.69) is 31.4 Å². The van der Waals surface area contributed by atoms with E-state index in [-0.39, 0.29) is 30.3 Å². The Bertz CT molecular complexity index is 1510. The van der Waals surface area contributed by atoms with Crippen molar-refractivity contribution in [2.45, 2.75) is 12.6 Å². The predicted molar refractivity (Wildman–Crippen MR) is 140 cm³/mol. The molecule has 0 aliphatic rings. The summed E-state index contributed by atoms with van der Waals surface area (Å²) in [6.45, 7) is -0.0735. The summed E-state index contributed by atoms with van der Waals surface area (Å²) in [6, 6.07) is 14.5. The van der Waals surface area contributed by atoms with Crippen molar-refractivity contribution in [3.8, 4) is 11.5 Å². The first-order valence-corrected chi connectivity index (χ1v) is 11.7. The van der Waals surface area contributed by atoms with Crippen molar-refractivity contribution in [1.82, 2.24) is 18.7 Å². The molecule has 0 fully saturated rings. The summed E-state index contributed by atoms with van der Waals surface area (Å²) in [5, 5.41) is 15.0. The molecule has 2 aromatic heterocycles. The molecule has 0 bridgehead atoms. The van der Waals surface area contributed by atoms with Crippen LogP contribution in [0.25, 0.3) is 11.2 Å². The van der Waals surface area contributed by atoms with Gasteiger partial charge in [0.1, 0.15) is 24.2 Å². The van der Waals surface area contributed by atoms with Crippen molar-refractivity contribution in [2.75, 3.05) is 19.1 Å². The number of rotatable bonds is 9. The van der Waals surface area contributed by atoms with Crippen LogP contribution in [0, 0.1) is 0 Å². The first-order chi connectivity index (χ1) is 17.3. The Kier molecular flexibility index (Phi) is 7.55. The number of hydrogen-bond donors (Lipinski definition) is 2. The van der Waals surface area contributed by atoms with Crippen LogP contribution in [0.15, 0.2) is 67.7 Å². The third-order valence-corrected chi connectivity index (χ3v) is 6.02. The summed E-state index contributed by atoms with van der Waals surface area (Å²) in [5.74, 6) is 1.44. The zero-order valence-electron chi connectivity index (χ0n) is 19.9. The number of benzene rings is 2. The fourth-order valence-corrected chi connectivity index (χ4v) is 3.82. The molecule has 11 nitrogen and oxygen atoms in total. The molecule has 2 heterocycles. The minimum Gasteiger partial charge on any atom is -0.497 e. The maximum atomic E-state index is 13.0. The molecule has 12 heteroatoms. The molecule has 0 spiro atoms. The Morgan fingerprint density at radius 2 is 1.75 bits per heavy atom. The molecule has 0 saturated carbocycles. The molecule has 0 aliphatic carbocycles. The maximum absolute atomic E-state index is 13.0. The number of aromatic nitrogens is 4. The summed E-state index contributed by atoms with van der Waals surface area (Å²) in [6.07, 6.45) is 0.596. The summed E-state index contributed by atoms with van der Waals surface area (Å²) >= 11 is 3.39. The average Bonchev–Trinajstić information content (AvgIpc) is 3.24. The Labute approximate surface area is 214 Å². The standard InChI is InChI=1S/C24H25BrN6O5/c1-29-21-20(22(33)30(2)24(29)34)31(13-17(32)14-36-19-10-8-18(35-3)9-11-19)23(27-21)28-26-12-15-4-6-16(25)7-5-15/h4-12,17,32H,13-14H2,1-3H3,(H,27,28)/b26-12-/t17-/m0/s1. The van der Waals surface area contributed by atoms with Gasteiger partial charge in [0.05, 0.1) is 19.9 Å². The molecule has 4 aromatic rings. The van der Waals surface area contributed by atoms with Crippen molar-refractivity contribution >= 4 is 39.3 Å². The third-order valence-electron chi connectivity index (χ3n) is 5.49. The molecule has 4 rings (SSSR count). The second-order valence-corrected chi connectivity index (χ2v) is 8.90. The Balaban J connectivity index is 1.62. The van der Waals surface area contributed by atoms with Crippen molar-refractivity contribution in [3.05, 3.63) is 79.4 Å². The third kappa shape index (κ3) is 5.34. The van der Waals surface area contributed by atoms with Crippen LogP contribution in [-0.4, -0.2) is 49.8 Å². The largest absolute Gasteiger partial charge is 0.497 e. The molecule has 0 saturated heterocycles. The van der Waals surface area contributed by atoms with Crippen molar-refractivity contribution in [3.63, 3.8) is 0 Å². The number of aryl methyl sites for hydroxylation is 1. The van der Waals surface area contributed by atoms with E-state index in [1.54, 1.807) is 37.6 Å². The lowest BCUT2D eigenvalue weighted by molar-refractivity contribution is 0.0938. The number of aliphatic hydroxyl groups is 1. The molecule has 188 valence electrons. The van der Waals surface area contributed by atoms with Gasteiger partial charge in [0.25, 0.3) is 5.56 Å². The average molecular weight is 557 g/mol. The summed E-state index contributed by atoms with van der Waals surface area (Å²) in [5.41, 5.74) is 2.96. The molecule has 0 amide bonds. The number of hydrogen-bond acceptors (Lipinski definition) is 8. The summed E-state index contributed by atoms with van der Waals surface area (Å²) in [7, 11) is 4.49. The number of methoxy groups -OCH3 is 1. The highest BCUT2D eigenvalue weighted by molar-refractivity contribution is 9.10. The van der Waals surface area contributed by atoms with E-state index in [1.165, 1.54) is 23.2 Å². The van der Waals surface area contributed by atoms with E-state index in [4.69, 9.17) is 9.47 Å². The van der Waals surface area contributed by atoms with Gasteiger partial charge in [-0.15, -0.1) is 0 Å². The SMILES string of the molecule is COc1ccc(OC[C@@H](O)Cn2c(N/N=C\c3ccc(Br)cc3)nc3c2c(=O)n(C)c(=O)n3C)cc1. The van der Waals surface area contributed by atoms with Crippen molar-refractivity contribution in [2.24, 2.45) is 19.2 Å². The minimum absolute atomic E-state index is 0.0315. The summed E-state index contributed by atoms with van der Waals surface area (Å²) in [4.78, 5) is 29.8. The van der Waals surface area contributed by atoms with Crippen LogP contribution in [0.2, 0.25) is 0 Å². The van der Waals surface area contributed by atoms with E-state index in [9.17, 15) is 14.7 Å². The fraction of sp³-hybridized carbons (Fsp3) is 0.250. The zero-order valence-corrected chi connectivity index (χ0v) is 21.5. The molecule has 36 heavy (non-hydrogen) atoms.